The molecule has 0 bridgehead atoms. The number of ketones is 1. The molecule has 0 spiro atoms. The number of hydrogen-bond acceptors (Lipinski definition) is 6. The molecular formula is C21H29NO6. The fourth-order valence-electron chi connectivity index (χ4n) is 3.43. The Labute approximate surface area is 165 Å². The van der Waals surface area contributed by atoms with Crippen LogP contribution in [0.2, 0.25) is 0 Å². The predicted molar refractivity (Wildman–Crippen MR) is 104 cm³/mol. The number of likely N-dealkylation sites (tertiary alicyclic amines) is 1. The second-order valence-electron chi connectivity index (χ2n) is 8.04. The first-order valence-electron chi connectivity index (χ1n) is 9.31. The van der Waals surface area contributed by atoms with Crippen LogP contribution < -0.4 is 9.47 Å². The quantitative estimate of drug-likeness (QED) is 0.738. The molecule has 28 heavy (non-hydrogen) atoms. The van der Waals surface area contributed by atoms with Crippen LogP contribution in [0, 0.1) is 0 Å². The first-order chi connectivity index (χ1) is 13.0. The molecule has 0 saturated carbocycles. The molecule has 1 aromatic carbocycles. The third-order valence-electron chi connectivity index (χ3n) is 4.87. The van der Waals surface area contributed by atoms with E-state index in [-0.39, 0.29) is 24.7 Å². The topological polar surface area (TPSA) is 82.1 Å². The Morgan fingerprint density at radius 1 is 1.14 bits per heavy atom. The number of imide groups is 1. The number of rotatable bonds is 6. The summed E-state index contributed by atoms with van der Waals surface area (Å²) in [5.74, 6) is 0.673. The highest BCUT2D eigenvalue weighted by Gasteiger charge is 2.50. The molecule has 0 N–H and O–H groups in total. The van der Waals surface area contributed by atoms with E-state index < -0.39 is 17.1 Å². The van der Waals surface area contributed by atoms with Crippen LogP contribution in [0.4, 0.5) is 4.79 Å². The zero-order valence-corrected chi connectivity index (χ0v) is 17.5. The number of carbonyl (C=O) groups is 3. The van der Waals surface area contributed by atoms with Crippen molar-refractivity contribution in [1.29, 1.82) is 0 Å². The highest BCUT2D eigenvalue weighted by atomic mass is 16.6. The van der Waals surface area contributed by atoms with E-state index in [2.05, 4.69) is 0 Å². The predicted octanol–water partition coefficient (Wildman–Crippen LogP) is 3.48. The van der Waals surface area contributed by atoms with Crippen LogP contribution in [0.5, 0.6) is 11.5 Å². The lowest BCUT2D eigenvalue weighted by atomic mass is 9.75. The molecule has 0 aromatic heterocycles. The van der Waals surface area contributed by atoms with Crippen molar-refractivity contribution in [2.24, 2.45) is 0 Å². The molecule has 7 nitrogen and oxygen atoms in total. The molecule has 1 fully saturated rings. The molecule has 2 amide bonds. The molecular weight excluding hydrogens is 362 g/mol. The van der Waals surface area contributed by atoms with Crippen molar-refractivity contribution in [2.75, 3.05) is 20.8 Å². The molecule has 0 unspecified atom stereocenters. The van der Waals surface area contributed by atoms with Crippen molar-refractivity contribution >= 4 is 17.8 Å². The van der Waals surface area contributed by atoms with Gasteiger partial charge in [-0.05, 0) is 58.2 Å². The standard InChI is InChI=1S/C21H29NO6/c1-14(23)9-10-21(15-7-8-16(26-5)17(13-15)27-6)11-12-22(18(21)24)19(25)28-20(2,3)4/h7-8,13H,9-12H2,1-6H3/t21-/m1/s1. The molecule has 1 saturated heterocycles. The summed E-state index contributed by atoms with van der Waals surface area (Å²) in [4.78, 5) is 38.7. The Kier molecular flexibility index (Phi) is 6.37. The summed E-state index contributed by atoms with van der Waals surface area (Å²) < 4.78 is 16.0. The van der Waals surface area contributed by atoms with Crippen LogP contribution in [0.3, 0.4) is 0 Å². The normalized spacial score (nSPS) is 19.5. The maximum atomic E-state index is 13.4. The maximum absolute atomic E-state index is 13.4. The van der Waals surface area contributed by atoms with Crippen molar-refractivity contribution in [3.05, 3.63) is 23.8 Å². The highest BCUT2D eigenvalue weighted by molar-refractivity contribution is 6.01. The Bertz CT molecular complexity index is 767. The second kappa shape index (κ2) is 8.20. The first-order valence-corrected chi connectivity index (χ1v) is 9.31. The summed E-state index contributed by atoms with van der Waals surface area (Å²) in [5.41, 5.74) is -0.990. The van der Waals surface area contributed by atoms with Gasteiger partial charge in [0, 0.05) is 13.0 Å². The Morgan fingerprint density at radius 3 is 2.32 bits per heavy atom. The van der Waals surface area contributed by atoms with E-state index in [0.717, 1.165) is 4.90 Å². The van der Waals surface area contributed by atoms with Crippen molar-refractivity contribution in [1.82, 2.24) is 4.90 Å². The molecule has 1 aliphatic rings. The molecule has 1 atom stereocenters. The number of hydrogen-bond donors (Lipinski definition) is 0. The lowest BCUT2D eigenvalue weighted by Gasteiger charge is -2.29. The molecule has 0 radical (unpaired) electrons. The largest absolute Gasteiger partial charge is 0.493 e. The maximum Gasteiger partial charge on any atom is 0.417 e. The van der Waals surface area contributed by atoms with Gasteiger partial charge in [0.2, 0.25) is 5.91 Å². The Balaban J connectivity index is 2.44. The van der Waals surface area contributed by atoms with Gasteiger partial charge < -0.3 is 19.0 Å². The van der Waals surface area contributed by atoms with Gasteiger partial charge in [0.1, 0.15) is 11.4 Å². The number of Topliss-reactive ketones (excluding diaryl/α,β-unsaturated/α-hetero) is 1. The summed E-state index contributed by atoms with van der Waals surface area (Å²) in [6, 6.07) is 5.26. The molecule has 154 valence electrons. The van der Waals surface area contributed by atoms with E-state index in [1.807, 2.05) is 0 Å². The highest BCUT2D eigenvalue weighted by Crippen LogP contribution is 2.43. The first kappa shape index (κ1) is 21.7. The summed E-state index contributed by atoms with van der Waals surface area (Å²) in [7, 11) is 3.06. The van der Waals surface area contributed by atoms with Gasteiger partial charge in [-0.25, -0.2) is 9.69 Å². The monoisotopic (exact) mass is 391 g/mol. The average molecular weight is 391 g/mol. The Hall–Kier alpha value is -2.57. The van der Waals surface area contributed by atoms with E-state index in [1.165, 1.54) is 21.1 Å². The van der Waals surface area contributed by atoms with E-state index in [1.54, 1.807) is 39.0 Å². The molecule has 0 aliphatic carbocycles. The van der Waals surface area contributed by atoms with Crippen molar-refractivity contribution in [3.63, 3.8) is 0 Å². The summed E-state index contributed by atoms with van der Waals surface area (Å²) in [6.45, 7) is 6.99. The minimum atomic E-state index is -0.984. The molecule has 1 aromatic rings. The number of methoxy groups -OCH3 is 2. The Morgan fingerprint density at radius 2 is 1.79 bits per heavy atom. The van der Waals surface area contributed by atoms with Crippen molar-refractivity contribution in [3.8, 4) is 11.5 Å². The van der Waals surface area contributed by atoms with Crippen molar-refractivity contribution < 1.29 is 28.6 Å². The third-order valence-corrected chi connectivity index (χ3v) is 4.87. The minimum absolute atomic E-state index is 0.0108. The lowest BCUT2D eigenvalue weighted by Crippen LogP contribution is -2.43. The van der Waals surface area contributed by atoms with E-state index in [4.69, 9.17) is 14.2 Å². The van der Waals surface area contributed by atoms with Crippen LogP contribution >= 0.6 is 0 Å². The van der Waals surface area contributed by atoms with Gasteiger partial charge in [0.15, 0.2) is 11.5 Å². The number of benzene rings is 1. The second-order valence-corrected chi connectivity index (χ2v) is 8.04. The number of amides is 2. The van der Waals surface area contributed by atoms with E-state index in [0.29, 0.717) is 29.9 Å². The van der Waals surface area contributed by atoms with Crippen LogP contribution in [0.15, 0.2) is 18.2 Å². The third kappa shape index (κ3) is 4.46. The number of carbonyl (C=O) groups excluding carboxylic acids is 3. The van der Waals surface area contributed by atoms with Gasteiger partial charge in [0.25, 0.3) is 0 Å². The number of nitrogens with zero attached hydrogens (tertiary/aromatic N) is 1. The van der Waals surface area contributed by atoms with E-state index >= 15 is 0 Å². The summed E-state index contributed by atoms with van der Waals surface area (Å²) in [6.07, 6.45) is 0.300. The van der Waals surface area contributed by atoms with Gasteiger partial charge >= 0.3 is 6.09 Å². The van der Waals surface area contributed by atoms with Gasteiger partial charge in [-0.1, -0.05) is 6.07 Å². The fraction of sp³-hybridized carbons (Fsp3) is 0.571. The van der Waals surface area contributed by atoms with Crippen LogP contribution in [0.25, 0.3) is 0 Å². The van der Waals surface area contributed by atoms with Gasteiger partial charge in [-0.3, -0.25) is 4.79 Å². The van der Waals surface area contributed by atoms with Gasteiger partial charge in [0.05, 0.1) is 19.6 Å². The molecule has 1 aliphatic heterocycles. The molecule has 1 heterocycles. The smallest absolute Gasteiger partial charge is 0.417 e. The van der Waals surface area contributed by atoms with E-state index in [9.17, 15) is 14.4 Å². The van der Waals surface area contributed by atoms with Gasteiger partial charge in [-0.2, -0.15) is 0 Å². The van der Waals surface area contributed by atoms with Crippen LogP contribution in [-0.2, 0) is 19.7 Å². The molecule has 2 rings (SSSR count). The average Bonchev–Trinajstić information content (AvgIpc) is 2.95. The summed E-state index contributed by atoms with van der Waals surface area (Å²) in [5, 5.41) is 0. The lowest BCUT2D eigenvalue weighted by molar-refractivity contribution is -0.132. The van der Waals surface area contributed by atoms with Gasteiger partial charge in [-0.15, -0.1) is 0 Å². The molecule has 7 heteroatoms. The zero-order valence-electron chi connectivity index (χ0n) is 17.5. The SMILES string of the molecule is COc1ccc([C@@]2(CCC(C)=O)CCN(C(=O)OC(C)(C)C)C2=O)cc1OC. The number of ether oxygens (including phenoxy) is 3. The minimum Gasteiger partial charge on any atom is -0.493 e. The zero-order chi connectivity index (χ0) is 21.1. The summed E-state index contributed by atoms with van der Waals surface area (Å²) >= 11 is 0. The fourth-order valence-corrected chi connectivity index (χ4v) is 3.43. The van der Waals surface area contributed by atoms with Crippen LogP contribution in [0.1, 0.15) is 52.5 Å². The van der Waals surface area contributed by atoms with Crippen LogP contribution in [-0.4, -0.2) is 49.0 Å². The van der Waals surface area contributed by atoms with Crippen molar-refractivity contribution in [2.45, 2.75) is 58.0 Å².